The van der Waals surface area contributed by atoms with Crippen molar-refractivity contribution < 1.29 is 12.6 Å². The van der Waals surface area contributed by atoms with E-state index in [4.69, 9.17) is 4.18 Å². The molecule has 0 unspecified atom stereocenters. The van der Waals surface area contributed by atoms with E-state index in [2.05, 4.69) is 31.2 Å². The van der Waals surface area contributed by atoms with Crippen LogP contribution in [0.2, 0.25) is 0 Å². The molecule has 0 N–H and O–H groups in total. The van der Waals surface area contributed by atoms with E-state index in [-0.39, 0.29) is 11.5 Å². The van der Waals surface area contributed by atoms with E-state index in [0.717, 1.165) is 37.7 Å². The molecule has 0 radical (unpaired) electrons. The lowest BCUT2D eigenvalue weighted by Gasteiger charge is -2.06. The molecule has 3 nitrogen and oxygen atoms in total. The van der Waals surface area contributed by atoms with Crippen LogP contribution in [0.3, 0.4) is 0 Å². The van der Waals surface area contributed by atoms with Gasteiger partial charge >= 0.3 is 0 Å². The zero-order chi connectivity index (χ0) is 21.2. The molecule has 0 aliphatic carbocycles. The van der Waals surface area contributed by atoms with E-state index in [0.29, 0.717) is 0 Å². The maximum absolute atomic E-state index is 12.1. The summed E-state index contributed by atoms with van der Waals surface area (Å²) in [5.74, 6) is 0. The monoisotopic (exact) mass is 420 g/mol. The third-order valence-corrected chi connectivity index (χ3v) is 6.22. The lowest BCUT2D eigenvalue weighted by molar-refractivity contribution is 0.306. The fraction of sp³-hybridized carbons (Fsp3) is 0.600. The second-order valence-corrected chi connectivity index (χ2v) is 9.29. The number of benzene rings is 1. The zero-order valence-electron chi connectivity index (χ0n) is 18.4. The molecule has 4 heteroatoms. The molecule has 1 aromatic carbocycles. The Morgan fingerprint density at radius 1 is 0.759 bits per heavy atom. The highest BCUT2D eigenvalue weighted by molar-refractivity contribution is 7.86. The van der Waals surface area contributed by atoms with Gasteiger partial charge in [0.2, 0.25) is 0 Å². The van der Waals surface area contributed by atoms with Crippen molar-refractivity contribution in [1.82, 2.24) is 0 Å². The normalized spacial score (nSPS) is 12.3. The topological polar surface area (TPSA) is 43.4 Å². The predicted molar refractivity (Wildman–Crippen MR) is 124 cm³/mol. The minimum Gasteiger partial charge on any atom is -0.266 e. The number of hydrogen-bond donors (Lipinski definition) is 0. The summed E-state index contributed by atoms with van der Waals surface area (Å²) in [6.45, 7) is 4.44. The third kappa shape index (κ3) is 13.5. The Morgan fingerprint density at radius 3 is 1.93 bits per heavy atom. The highest BCUT2D eigenvalue weighted by Gasteiger charge is 2.14. The van der Waals surface area contributed by atoms with Crippen LogP contribution in [0.25, 0.3) is 0 Å². The number of rotatable bonds is 17. The lowest BCUT2D eigenvalue weighted by Crippen LogP contribution is -2.07. The van der Waals surface area contributed by atoms with Crippen LogP contribution in [0.4, 0.5) is 0 Å². The Morgan fingerprint density at radius 2 is 1.31 bits per heavy atom. The molecule has 164 valence electrons. The minimum atomic E-state index is -3.61. The molecule has 0 bridgehead atoms. The van der Waals surface area contributed by atoms with Crippen molar-refractivity contribution in [3.05, 3.63) is 54.1 Å². The van der Waals surface area contributed by atoms with Gasteiger partial charge < -0.3 is 0 Å². The number of unbranched alkanes of at least 4 members (excludes halogenated alkanes) is 9. The number of hydrogen-bond acceptors (Lipinski definition) is 3. The summed E-state index contributed by atoms with van der Waals surface area (Å²) in [4.78, 5) is 0.239. The van der Waals surface area contributed by atoms with E-state index < -0.39 is 10.1 Å². The summed E-state index contributed by atoms with van der Waals surface area (Å²) in [6.07, 6.45) is 23.1. The average molecular weight is 421 g/mol. The van der Waals surface area contributed by atoms with Crippen LogP contribution in [0, 0.1) is 6.92 Å². The standard InChI is InChI=1S/C25H40O3S/c1-3-4-5-6-7-8-9-10-11-12-13-14-15-16-17-18-23-28-29(26,27)25-21-19-24(2)20-22-25/h7-8,10-11,19-22H,3-6,9,12-18,23H2,1-2H3. The van der Waals surface area contributed by atoms with Gasteiger partial charge in [-0.2, -0.15) is 8.42 Å². The van der Waals surface area contributed by atoms with E-state index in [1.807, 2.05) is 6.92 Å². The quantitative estimate of drug-likeness (QED) is 0.149. The van der Waals surface area contributed by atoms with E-state index >= 15 is 0 Å². The maximum atomic E-state index is 12.1. The first-order valence-electron chi connectivity index (χ1n) is 11.3. The van der Waals surface area contributed by atoms with E-state index in [1.54, 1.807) is 24.3 Å². The molecule has 0 aromatic heterocycles. The molecular weight excluding hydrogens is 380 g/mol. The van der Waals surface area contributed by atoms with Gasteiger partial charge in [0.15, 0.2) is 0 Å². The maximum Gasteiger partial charge on any atom is 0.296 e. The fourth-order valence-corrected chi connectivity index (χ4v) is 3.97. The number of aryl methyl sites for hydroxylation is 1. The Labute approximate surface area is 179 Å². The highest BCUT2D eigenvalue weighted by atomic mass is 32.2. The van der Waals surface area contributed by atoms with Crippen LogP contribution in [0.5, 0.6) is 0 Å². The van der Waals surface area contributed by atoms with Crippen molar-refractivity contribution >= 4 is 10.1 Å². The van der Waals surface area contributed by atoms with Gasteiger partial charge in [-0.25, -0.2) is 0 Å². The number of allylic oxidation sites excluding steroid dienone is 4. The van der Waals surface area contributed by atoms with Crippen LogP contribution in [0.1, 0.15) is 89.5 Å². The molecule has 1 aromatic rings. The SMILES string of the molecule is CCCCCC=CCC=CCCCCCCCCOS(=O)(=O)c1ccc(C)cc1. The molecule has 0 saturated heterocycles. The van der Waals surface area contributed by atoms with Crippen LogP contribution in [-0.4, -0.2) is 15.0 Å². The van der Waals surface area contributed by atoms with Gasteiger partial charge in [0.05, 0.1) is 11.5 Å². The summed E-state index contributed by atoms with van der Waals surface area (Å²) in [5.41, 5.74) is 1.04. The van der Waals surface area contributed by atoms with Crippen molar-refractivity contribution in [2.24, 2.45) is 0 Å². The Bertz CT molecular complexity index is 673. The molecule has 0 heterocycles. The molecule has 0 aliphatic heterocycles. The Kier molecular flexibility index (Phi) is 14.5. The zero-order valence-corrected chi connectivity index (χ0v) is 19.3. The van der Waals surface area contributed by atoms with Gasteiger partial charge in [-0.15, -0.1) is 0 Å². The molecule has 0 aliphatic rings. The molecule has 0 atom stereocenters. The fourth-order valence-electron chi connectivity index (χ4n) is 3.03. The van der Waals surface area contributed by atoms with Gasteiger partial charge in [-0.3, -0.25) is 4.18 Å². The van der Waals surface area contributed by atoms with Gasteiger partial charge in [-0.05, 0) is 57.6 Å². The first-order chi connectivity index (χ1) is 14.1. The van der Waals surface area contributed by atoms with E-state index in [9.17, 15) is 8.42 Å². The highest BCUT2D eigenvalue weighted by Crippen LogP contribution is 2.14. The van der Waals surface area contributed by atoms with Crippen LogP contribution >= 0.6 is 0 Å². The summed E-state index contributed by atoms with van der Waals surface area (Å²) < 4.78 is 29.3. The van der Waals surface area contributed by atoms with Crippen molar-refractivity contribution in [3.8, 4) is 0 Å². The minimum absolute atomic E-state index is 0.239. The van der Waals surface area contributed by atoms with Gasteiger partial charge in [-0.1, -0.05) is 87.4 Å². The van der Waals surface area contributed by atoms with Crippen LogP contribution in [-0.2, 0) is 14.3 Å². The molecule has 1 rings (SSSR count). The molecule has 0 fully saturated rings. The smallest absolute Gasteiger partial charge is 0.266 e. The predicted octanol–water partition coefficient (Wildman–Crippen LogP) is 7.51. The summed E-state index contributed by atoms with van der Waals surface area (Å²) in [5, 5.41) is 0. The second kappa shape index (κ2) is 16.4. The van der Waals surface area contributed by atoms with Crippen LogP contribution < -0.4 is 0 Å². The lowest BCUT2D eigenvalue weighted by atomic mass is 10.1. The summed E-state index contributed by atoms with van der Waals surface area (Å²) in [6, 6.07) is 6.78. The molecule has 29 heavy (non-hydrogen) atoms. The van der Waals surface area contributed by atoms with Gasteiger partial charge in [0, 0.05) is 0 Å². The van der Waals surface area contributed by atoms with Gasteiger partial charge in [0.1, 0.15) is 0 Å². The summed E-state index contributed by atoms with van der Waals surface area (Å²) in [7, 11) is -3.61. The summed E-state index contributed by atoms with van der Waals surface area (Å²) >= 11 is 0. The molecular formula is C25H40O3S. The third-order valence-electron chi connectivity index (χ3n) is 4.89. The van der Waals surface area contributed by atoms with Gasteiger partial charge in [0.25, 0.3) is 10.1 Å². The van der Waals surface area contributed by atoms with Crippen molar-refractivity contribution in [2.75, 3.05) is 6.61 Å². The first-order valence-corrected chi connectivity index (χ1v) is 12.7. The molecule has 0 saturated carbocycles. The Balaban J connectivity index is 1.94. The van der Waals surface area contributed by atoms with Crippen molar-refractivity contribution in [3.63, 3.8) is 0 Å². The van der Waals surface area contributed by atoms with Crippen LogP contribution in [0.15, 0.2) is 53.5 Å². The Hall–Kier alpha value is -1.39. The second-order valence-electron chi connectivity index (χ2n) is 7.67. The van der Waals surface area contributed by atoms with E-state index in [1.165, 1.54) is 44.9 Å². The average Bonchev–Trinajstić information content (AvgIpc) is 2.70. The van der Waals surface area contributed by atoms with Crippen molar-refractivity contribution in [2.45, 2.75) is 95.8 Å². The first kappa shape index (κ1) is 25.6. The largest absolute Gasteiger partial charge is 0.296 e. The molecule has 0 spiro atoms. The molecule has 0 amide bonds. The van der Waals surface area contributed by atoms with Crippen molar-refractivity contribution in [1.29, 1.82) is 0 Å².